The lowest BCUT2D eigenvalue weighted by Crippen LogP contribution is -1.92. The molecule has 0 aromatic heterocycles. The van der Waals surface area contributed by atoms with Crippen molar-refractivity contribution < 1.29 is 18.7 Å². The van der Waals surface area contributed by atoms with Crippen LogP contribution in [0.2, 0.25) is 0 Å². The van der Waals surface area contributed by atoms with Gasteiger partial charge in [0, 0.05) is 14.5 Å². The van der Waals surface area contributed by atoms with Crippen LogP contribution in [0.25, 0.3) is 0 Å². The lowest BCUT2D eigenvalue weighted by Gasteiger charge is -2.04. The van der Waals surface area contributed by atoms with Crippen molar-refractivity contribution in [3.63, 3.8) is 0 Å². The smallest absolute Gasteiger partial charge is 0.159 e. The van der Waals surface area contributed by atoms with Crippen LogP contribution in [0.1, 0.15) is 35.9 Å². The normalized spacial score (nSPS) is 11.4. The van der Waals surface area contributed by atoms with Gasteiger partial charge in [0.2, 0.25) is 0 Å². The van der Waals surface area contributed by atoms with Gasteiger partial charge in [-0.1, -0.05) is 31.9 Å². The predicted octanol–water partition coefficient (Wildman–Crippen LogP) is 5.43. The van der Waals surface area contributed by atoms with Crippen molar-refractivity contribution in [3.8, 4) is 0 Å². The molecule has 0 saturated heterocycles. The minimum Gasteiger partial charge on any atom is -0.389 e. The number of hydrogen-bond acceptors (Lipinski definition) is 2. The monoisotopic (exact) mass is 434 g/mol. The first kappa shape index (κ1) is 18.9. The number of rotatable bonds is 2. The molecule has 1 N–H and O–H groups in total. The second-order valence-corrected chi connectivity index (χ2v) is 6.42. The number of Topliss-reactive ketones (excluding diaryl/α,β-unsaturated/α-hetero) is 1. The van der Waals surface area contributed by atoms with E-state index in [1.165, 1.54) is 31.2 Å². The quantitative estimate of drug-likeness (QED) is 0.638. The van der Waals surface area contributed by atoms with Crippen molar-refractivity contribution in [2.24, 2.45) is 0 Å². The van der Waals surface area contributed by atoms with Crippen molar-refractivity contribution in [2.75, 3.05) is 0 Å². The Morgan fingerprint density at radius 1 is 1.00 bits per heavy atom. The molecule has 2 rings (SSSR count). The fourth-order valence-corrected chi connectivity index (χ4v) is 2.52. The van der Waals surface area contributed by atoms with Crippen molar-refractivity contribution in [3.05, 3.63) is 68.1 Å². The van der Waals surface area contributed by atoms with Crippen LogP contribution in [0, 0.1) is 11.6 Å². The second-order valence-electron chi connectivity index (χ2n) is 4.59. The molecule has 0 bridgehead atoms. The maximum Gasteiger partial charge on any atom is 0.159 e. The van der Waals surface area contributed by atoms with Crippen molar-refractivity contribution in [1.82, 2.24) is 0 Å². The first-order valence-corrected chi connectivity index (χ1v) is 7.88. The van der Waals surface area contributed by atoms with Gasteiger partial charge in [-0.25, -0.2) is 8.78 Å². The molecule has 0 radical (unpaired) electrons. The molecule has 0 fully saturated rings. The Labute approximate surface area is 144 Å². The summed E-state index contributed by atoms with van der Waals surface area (Å²) in [4.78, 5) is 10.8. The topological polar surface area (TPSA) is 37.3 Å². The van der Waals surface area contributed by atoms with E-state index in [1.54, 1.807) is 19.1 Å². The highest BCUT2D eigenvalue weighted by Gasteiger charge is 2.03. The number of benzene rings is 2. The van der Waals surface area contributed by atoms with Gasteiger partial charge in [-0.2, -0.15) is 0 Å². The van der Waals surface area contributed by atoms with E-state index in [1.807, 2.05) is 0 Å². The molecule has 118 valence electrons. The predicted molar refractivity (Wildman–Crippen MR) is 88.8 cm³/mol. The van der Waals surface area contributed by atoms with Gasteiger partial charge in [-0.05, 0) is 55.8 Å². The average molecular weight is 436 g/mol. The van der Waals surface area contributed by atoms with Gasteiger partial charge >= 0.3 is 0 Å². The van der Waals surface area contributed by atoms with E-state index in [9.17, 15) is 13.6 Å². The molecule has 1 unspecified atom stereocenters. The highest BCUT2D eigenvalue weighted by atomic mass is 79.9. The highest BCUT2D eigenvalue weighted by Crippen LogP contribution is 2.19. The Morgan fingerprint density at radius 3 is 1.91 bits per heavy atom. The van der Waals surface area contributed by atoms with E-state index in [2.05, 4.69) is 31.9 Å². The first-order valence-electron chi connectivity index (χ1n) is 6.30. The van der Waals surface area contributed by atoms with Crippen LogP contribution in [-0.2, 0) is 0 Å². The molecule has 0 saturated carbocycles. The standard InChI is InChI=1S/C8H8BrFO.C8H6BrFO/c2*1-5(11)6-2-7(9)4-8(10)3-6/h2-5,11H,1H3;2-4H,1H3. The van der Waals surface area contributed by atoms with E-state index < -0.39 is 11.9 Å². The van der Waals surface area contributed by atoms with Crippen LogP contribution < -0.4 is 0 Å². The third-order valence-corrected chi connectivity index (χ3v) is 3.55. The number of aliphatic hydroxyl groups is 1. The second kappa shape index (κ2) is 8.50. The fourth-order valence-electron chi connectivity index (χ4n) is 1.57. The molecule has 0 aliphatic rings. The summed E-state index contributed by atoms with van der Waals surface area (Å²) in [6.07, 6.45) is -0.623. The summed E-state index contributed by atoms with van der Waals surface area (Å²) in [6, 6.07) is 8.47. The Morgan fingerprint density at radius 2 is 1.50 bits per heavy atom. The van der Waals surface area contributed by atoms with Gasteiger partial charge in [-0.15, -0.1) is 0 Å². The van der Waals surface area contributed by atoms with E-state index in [4.69, 9.17) is 5.11 Å². The minimum absolute atomic E-state index is 0.134. The maximum absolute atomic E-state index is 12.6. The lowest BCUT2D eigenvalue weighted by atomic mass is 10.1. The number of hydrogen-bond donors (Lipinski definition) is 1. The van der Waals surface area contributed by atoms with Gasteiger partial charge in [0.05, 0.1) is 6.10 Å². The van der Waals surface area contributed by atoms with Crippen molar-refractivity contribution >= 4 is 37.6 Å². The molecule has 2 aromatic rings. The largest absolute Gasteiger partial charge is 0.389 e. The minimum atomic E-state index is -0.623. The van der Waals surface area contributed by atoms with Crippen LogP contribution in [0.5, 0.6) is 0 Å². The van der Waals surface area contributed by atoms with Crippen LogP contribution in [-0.4, -0.2) is 10.9 Å². The van der Waals surface area contributed by atoms with Gasteiger partial charge in [0.15, 0.2) is 5.78 Å². The molecule has 0 aliphatic carbocycles. The van der Waals surface area contributed by atoms with Crippen LogP contribution in [0.4, 0.5) is 8.78 Å². The first-order chi connectivity index (χ1) is 10.2. The number of aliphatic hydroxyl groups excluding tert-OH is 1. The lowest BCUT2D eigenvalue weighted by molar-refractivity contribution is 0.101. The molecule has 2 nitrogen and oxygen atoms in total. The molecule has 6 heteroatoms. The molecule has 1 atom stereocenters. The fraction of sp³-hybridized carbons (Fsp3) is 0.188. The Balaban J connectivity index is 0.000000220. The molecule has 2 aromatic carbocycles. The Kier molecular flexibility index (Phi) is 7.32. The summed E-state index contributed by atoms with van der Waals surface area (Å²) in [6.45, 7) is 3.00. The van der Waals surface area contributed by atoms with E-state index in [-0.39, 0.29) is 11.6 Å². The Bertz CT molecular complexity index is 633. The zero-order valence-corrected chi connectivity index (χ0v) is 15.1. The van der Waals surface area contributed by atoms with E-state index in [0.29, 0.717) is 20.1 Å². The van der Waals surface area contributed by atoms with Crippen LogP contribution >= 0.6 is 31.9 Å². The molecule has 22 heavy (non-hydrogen) atoms. The third kappa shape index (κ3) is 6.34. The van der Waals surface area contributed by atoms with Crippen molar-refractivity contribution in [1.29, 1.82) is 0 Å². The van der Waals surface area contributed by atoms with Gasteiger partial charge in [-0.3, -0.25) is 4.79 Å². The van der Waals surface area contributed by atoms with Crippen LogP contribution in [0.3, 0.4) is 0 Å². The zero-order valence-electron chi connectivity index (χ0n) is 11.9. The summed E-state index contributed by atoms with van der Waals surface area (Å²) in [5.74, 6) is -0.870. The zero-order chi connectivity index (χ0) is 16.9. The summed E-state index contributed by atoms with van der Waals surface area (Å²) in [5.41, 5.74) is 0.966. The molecule has 0 heterocycles. The molecular formula is C16H14Br2F2O2. The summed E-state index contributed by atoms with van der Waals surface area (Å²) in [7, 11) is 0. The number of carbonyl (C=O) groups is 1. The van der Waals surface area contributed by atoms with Gasteiger partial charge in [0.25, 0.3) is 0 Å². The summed E-state index contributed by atoms with van der Waals surface area (Å²) < 4.78 is 26.5. The SMILES string of the molecule is CC(=O)c1cc(F)cc(Br)c1.CC(O)c1cc(F)cc(Br)c1. The molecule has 0 spiro atoms. The number of ketones is 1. The van der Waals surface area contributed by atoms with Gasteiger partial charge in [0.1, 0.15) is 11.6 Å². The van der Waals surface area contributed by atoms with Crippen molar-refractivity contribution in [2.45, 2.75) is 20.0 Å². The Hall–Kier alpha value is -1.11. The third-order valence-electron chi connectivity index (χ3n) is 2.64. The average Bonchev–Trinajstić information content (AvgIpc) is 2.37. The van der Waals surface area contributed by atoms with Crippen LogP contribution in [0.15, 0.2) is 45.3 Å². The maximum atomic E-state index is 12.6. The van der Waals surface area contributed by atoms with E-state index in [0.717, 1.165) is 0 Å². The molecule has 0 amide bonds. The van der Waals surface area contributed by atoms with E-state index >= 15 is 0 Å². The number of carbonyl (C=O) groups excluding carboxylic acids is 1. The van der Waals surface area contributed by atoms with Gasteiger partial charge < -0.3 is 5.11 Å². The molecule has 0 aliphatic heterocycles. The molecular weight excluding hydrogens is 422 g/mol. The highest BCUT2D eigenvalue weighted by molar-refractivity contribution is 9.10. The summed E-state index contributed by atoms with van der Waals surface area (Å²) >= 11 is 6.22. The number of halogens is 4. The summed E-state index contributed by atoms with van der Waals surface area (Å²) in [5, 5.41) is 9.09.